The van der Waals surface area contributed by atoms with Gasteiger partial charge < -0.3 is 20.0 Å². The fourth-order valence-corrected chi connectivity index (χ4v) is 8.59. The second-order valence-electron chi connectivity index (χ2n) is 11.1. The molecule has 5 aliphatic rings. The van der Waals surface area contributed by atoms with Gasteiger partial charge in [-0.15, -0.1) is 0 Å². The Morgan fingerprint density at radius 2 is 1.53 bits per heavy atom. The number of urea groups is 1. The first-order chi connectivity index (χ1) is 16.3. The molecule has 5 heterocycles. The van der Waals surface area contributed by atoms with Crippen molar-refractivity contribution in [2.24, 2.45) is 11.3 Å². The number of carbonyl (C=O) groups excluding carboxylic acids is 1. The summed E-state index contributed by atoms with van der Waals surface area (Å²) in [5.41, 5.74) is 2.55. The number of benzene rings is 1. The molecule has 7 nitrogen and oxygen atoms in total. The van der Waals surface area contributed by atoms with Crippen LogP contribution in [0.3, 0.4) is 0 Å². The highest BCUT2D eigenvalue weighted by Gasteiger charge is 2.47. The van der Waals surface area contributed by atoms with Crippen LogP contribution in [0.15, 0.2) is 24.3 Å². The largest absolute Gasteiger partial charge is 0.370 e. The van der Waals surface area contributed by atoms with E-state index in [1.165, 1.54) is 11.4 Å². The monoisotopic (exact) mass is 506 g/mol. The van der Waals surface area contributed by atoms with Crippen molar-refractivity contribution in [3.8, 4) is 0 Å². The number of carbonyl (C=O) groups is 1. The van der Waals surface area contributed by atoms with Crippen LogP contribution in [0.2, 0.25) is 0 Å². The third-order valence-corrected chi connectivity index (χ3v) is 10.8. The summed E-state index contributed by atoms with van der Waals surface area (Å²) in [5, 5.41) is 3.24. The highest BCUT2D eigenvalue weighted by molar-refractivity contribution is 7.85. The first-order valence-electron chi connectivity index (χ1n) is 12.7. The molecule has 1 aromatic carbocycles. The first-order valence-corrected chi connectivity index (χ1v) is 15.6. The molecule has 0 saturated carbocycles. The standard InChI is InChI=1S/C25H38N4O3S2/c1-25(2)15-19-16-28(24(30)26-20-7-11-33(31)12-8-20)18-23(25)29(17-19)22-5-3-21(4-6-22)27-9-13-34(32)14-10-27/h3-6,19-20,23H,7-18H2,1-2H3,(H,26,30). The zero-order chi connectivity index (χ0) is 23.9. The average molecular weight is 507 g/mol. The number of anilines is 2. The topological polar surface area (TPSA) is 73.0 Å². The normalized spacial score (nSPS) is 31.9. The second kappa shape index (κ2) is 9.80. The van der Waals surface area contributed by atoms with Gasteiger partial charge in [0.2, 0.25) is 0 Å². The minimum absolute atomic E-state index is 0.0464. The van der Waals surface area contributed by atoms with E-state index in [0.717, 1.165) is 63.5 Å². The van der Waals surface area contributed by atoms with Gasteiger partial charge in [0.1, 0.15) is 0 Å². The summed E-state index contributed by atoms with van der Waals surface area (Å²) in [5.74, 6) is 3.34. The highest BCUT2D eigenvalue weighted by Crippen LogP contribution is 2.43. The fraction of sp³-hybridized carbons (Fsp3) is 0.720. The zero-order valence-electron chi connectivity index (χ0n) is 20.4. The van der Waals surface area contributed by atoms with Crippen molar-refractivity contribution in [2.45, 2.75) is 45.2 Å². The molecule has 2 amide bonds. The van der Waals surface area contributed by atoms with Crippen LogP contribution in [-0.4, -0.2) is 87.2 Å². The Kier molecular flexibility index (Phi) is 6.95. The molecule has 9 heteroatoms. The number of rotatable bonds is 3. The van der Waals surface area contributed by atoms with Crippen molar-refractivity contribution in [2.75, 3.05) is 65.5 Å². The third-order valence-electron chi connectivity index (χ3n) is 8.15. The molecule has 5 saturated heterocycles. The SMILES string of the molecule is CC1(C)CC2CN(C(=O)NC3CCS(=O)CC3)CC1N(c1ccc(N3CCS(=O)CC3)cc1)C2. The summed E-state index contributed by atoms with van der Waals surface area (Å²) in [4.78, 5) is 20.1. The summed E-state index contributed by atoms with van der Waals surface area (Å²) in [6.07, 6.45) is 2.76. The van der Waals surface area contributed by atoms with E-state index in [4.69, 9.17) is 0 Å². The van der Waals surface area contributed by atoms with Crippen molar-refractivity contribution in [1.29, 1.82) is 0 Å². The molecule has 5 aliphatic heterocycles. The molecular formula is C25H38N4O3S2. The van der Waals surface area contributed by atoms with Gasteiger partial charge in [-0.05, 0) is 54.9 Å². The number of amides is 2. The predicted octanol–water partition coefficient (Wildman–Crippen LogP) is 2.41. The number of hydrogen-bond donors (Lipinski definition) is 1. The van der Waals surface area contributed by atoms with Crippen LogP contribution < -0.4 is 15.1 Å². The Morgan fingerprint density at radius 3 is 2.21 bits per heavy atom. The van der Waals surface area contributed by atoms with E-state index < -0.39 is 21.6 Å². The van der Waals surface area contributed by atoms with Crippen molar-refractivity contribution >= 4 is 39.0 Å². The van der Waals surface area contributed by atoms with E-state index in [2.05, 4.69) is 53.2 Å². The minimum Gasteiger partial charge on any atom is -0.370 e. The Labute approximate surface area is 208 Å². The molecule has 2 bridgehead atoms. The molecule has 0 spiro atoms. The van der Waals surface area contributed by atoms with Crippen LogP contribution in [0.25, 0.3) is 0 Å². The fourth-order valence-electron chi connectivity index (χ4n) is 6.24. The maximum absolute atomic E-state index is 13.2. The van der Waals surface area contributed by atoms with Gasteiger partial charge in [-0.1, -0.05) is 13.8 Å². The molecule has 2 unspecified atom stereocenters. The van der Waals surface area contributed by atoms with Gasteiger partial charge in [-0.2, -0.15) is 0 Å². The van der Waals surface area contributed by atoms with Gasteiger partial charge in [-0.3, -0.25) is 8.42 Å². The van der Waals surface area contributed by atoms with Crippen LogP contribution in [0, 0.1) is 11.3 Å². The molecule has 1 aromatic rings. The smallest absolute Gasteiger partial charge is 0.317 e. The van der Waals surface area contributed by atoms with E-state index in [9.17, 15) is 13.2 Å². The van der Waals surface area contributed by atoms with Crippen molar-refractivity contribution in [1.82, 2.24) is 10.2 Å². The molecule has 5 fully saturated rings. The van der Waals surface area contributed by atoms with Crippen molar-refractivity contribution in [3.05, 3.63) is 24.3 Å². The van der Waals surface area contributed by atoms with Crippen LogP contribution in [0.4, 0.5) is 16.2 Å². The van der Waals surface area contributed by atoms with E-state index in [0.29, 0.717) is 17.4 Å². The summed E-state index contributed by atoms with van der Waals surface area (Å²) in [6, 6.07) is 9.31. The zero-order valence-corrected chi connectivity index (χ0v) is 22.0. The minimum atomic E-state index is -0.714. The van der Waals surface area contributed by atoms with Crippen LogP contribution in [0.1, 0.15) is 33.1 Å². The quantitative estimate of drug-likeness (QED) is 0.682. The lowest BCUT2D eigenvalue weighted by molar-refractivity contribution is 0.185. The van der Waals surface area contributed by atoms with Gasteiger partial charge in [0, 0.05) is 94.8 Å². The maximum atomic E-state index is 13.2. The van der Waals surface area contributed by atoms with E-state index in [-0.39, 0.29) is 23.5 Å². The molecule has 6 rings (SSSR count). The first kappa shape index (κ1) is 24.1. The lowest BCUT2D eigenvalue weighted by Gasteiger charge is -2.48. The van der Waals surface area contributed by atoms with Crippen LogP contribution in [0.5, 0.6) is 0 Å². The number of fused-ring (bicyclic) bond motifs is 4. The Hall–Kier alpha value is -1.61. The summed E-state index contributed by atoms with van der Waals surface area (Å²) in [7, 11) is -1.38. The van der Waals surface area contributed by atoms with Gasteiger partial charge >= 0.3 is 6.03 Å². The molecule has 1 N–H and O–H groups in total. The van der Waals surface area contributed by atoms with E-state index in [1.807, 2.05) is 4.90 Å². The number of piperidine rings is 1. The molecule has 188 valence electrons. The Bertz CT molecular complexity index is 934. The molecule has 0 aromatic heterocycles. The molecule has 34 heavy (non-hydrogen) atoms. The summed E-state index contributed by atoms with van der Waals surface area (Å²) in [6.45, 7) is 8.90. The molecular weight excluding hydrogens is 468 g/mol. The van der Waals surface area contributed by atoms with Crippen LogP contribution >= 0.6 is 0 Å². The number of nitrogens with zero attached hydrogens (tertiary/aromatic N) is 3. The second-order valence-corrected chi connectivity index (χ2v) is 14.4. The molecule has 2 atom stereocenters. The predicted molar refractivity (Wildman–Crippen MR) is 141 cm³/mol. The number of hydrogen-bond acceptors (Lipinski definition) is 5. The van der Waals surface area contributed by atoms with Gasteiger partial charge in [0.05, 0.1) is 6.04 Å². The van der Waals surface area contributed by atoms with Crippen molar-refractivity contribution < 1.29 is 13.2 Å². The molecule has 0 radical (unpaired) electrons. The maximum Gasteiger partial charge on any atom is 0.317 e. The van der Waals surface area contributed by atoms with Crippen LogP contribution in [-0.2, 0) is 21.6 Å². The van der Waals surface area contributed by atoms with E-state index >= 15 is 0 Å². The highest BCUT2D eigenvalue weighted by atomic mass is 32.2. The summed E-state index contributed by atoms with van der Waals surface area (Å²) < 4.78 is 23.4. The van der Waals surface area contributed by atoms with Gasteiger partial charge in [0.25, 0.3) is 0 Å². The third kappa shape index (κ3) is 5.15. The average Bonchev–Trinajstić information content (AvgIpc) is 3.09. The Balaban J connectivity index is 1.28. The van der Waals surface area contributed by atoms with Gasteiger partial charge in [0.15, 0.2) is 0 Å². The summed E-state index contributed by atoms with van der Waals surface area (Å²) >= 11 is 0. The van der Waals surface area contributed by atoms with E-state index in [1.54, 1.807) is 0 Å². The Morgan fingerprint density at radius 1 is 0.912 bits per heavy atom. The lowest BCUT2D eigenvalue weighted by atomic mass is 9.73. The van der Waals surface area contributed by atoms with Gasteiger partial charge in [-0.25, -0.2) is 4.79 Å². The lowest BCUT2D eigenvalue weighted by Crippen LogP contribution is -2.55. The van der Waals surface area contributed by atoms with Crippen molar-refractivity contribution in [3.63, 3.8) is 0 Å². The molecule has 0 aliphatic carbocycles. The number of nitrogens with one attached hydrogen (secondary N) is 1.